The minimum absolute atomic E-state index is 0. The summed E-state index contributed by atoms with van der Waals surface area (Å²) in [5, 5.41) is 10.3. The lowest BCUT2D eigenvalue weighted by molar-refractivity contribution is 0.573. The lowest BCUT2D eigenvalue weighted by Crippen LogP contribution is -2.30. The van der Waals surface area contributed by atoms with E-state index >= 15 is 0 Å². The summed E-state index contributed by atoms with van der Waals surface area (Å²) in [4.78, 5) is 13.4. The van der Waals surface area contributed by atoms with Gasteiger partial charge in [0.15, 0.2) is 0 Å². The minimum atomic E-state index is -3.67. The van der Waals surface area contributed by atoms with Crippen molar-refractivity contribution in [2.75, 3.05) is 18.0 Å². The summed E-state index contributed by atoms with van der Waals surface area (Å²) < 4.78 is 64.6. The molecule has 3 aromatic heterocycles. The number of rotatable bonds is 4. The molecule has 1 aliphatic rings. The summed E-state index contributed by atoms with van der Waals surface area (Å²) in [6.07, 6.45) is 7.12. The van der Waals surface area contributed by atoms with E-state index in [0.717, 1.165) is 31.3 Å². The summed E-state index contributed by atoms with van der Waals surface area (Å²) in [5.41, 5.74) is 0. The summed E-state index contributed by atoms with van der Waals surface area (Å²) in [6, 6.07) is 8.53. The third kappa shape index (κ3) is 13.0. The molecule has 40 heavy (non-hydrogen) atoms. The monoisotopic (exact) mass is 677 g/mol. The molecule has 1 saturated heterocycles. The molecular weight excluding hydrogens is 649 g/mol. The van der Waals surface area contributed by atoms with E-state index in [1.807, 2.05) is 0 Å². The minimum Gasteiger partial charge on any atom is -0.357 e. The van der Waals surface area contributed by atoms with Crippen LogP contribution in [-0.2, 0) is 29.1 Å². The van der Waals surface area contributed by atoms with Gasteiger partial charge in [-0.05, 0) is 55.7 Å². The predicted octanol–water partition coefficient (Wildman–Crippen LogP) is 3.56. The average molecular weight is 679 g/mol. The Balaban J connectivity index is 0.000000572. The summed E-state index contributed by atoms with van der Waals surface area (Å²) in [6.45, 7) is 1.98. The van der Waals surface area contributed by atoms with Gasteiger partial charge in [0.25, 0.3) is 9.05 Å². The van der Waals surface area contributed by atoms with E-state index in [1.54, 1.807) is 6.07 Å². The zero-order chi connectivity index (χ0) is 28.6. The van der Waals surface area contributed by atoms with Crippen molar-refractivity contribution < 1.29 is 25.3 Å². The maximum Gasteiger partial charge on any atom is 0.262 e. The van der Waals surface area contributed by atoms with E-state index < -0.39 is 29.1 Å². The van der Waals surface area contributed by atoms with Crippen molar-refractivity contribution in [3.8, 4) is 0 Å². The van der Waals surface area contributed by atoms with Crippen molar-refractivity contribution in [3.63, 3.8) is 0 Å². The largest absolute Gasteiger partial charge is 0.357 e. The number of anilines is 1. The van der Waals surface area contributed by atoms with Crippen LogP contribution in [0, 0.1) is 0 Å². The molecular formula is C21H30Cl3N7O6S3. The highest BCUT2D eigenvalue weighted by Crippen LogP contribution is 2.18. The Hall–Kier alpha value is -2.15. The maximum atomic E-state index is 11.0. The number of pyridine rings is 3. The second-order valence-electron chi connectivity index (χ2n) is 7.56. The van der Waals surface area contributed by atoms with Crippen molar-refractivity contribution >= 4 is 68.8 Å². The third-order valence-corrected chi connectivity index (χ3v) is 8.32. The van der Waals surface area contributed by atoms with Crippen molar-refractivity contribution in [2.24, 2.45) is 10.3 Å². The smallest absolute Gasteiger partial charge is 0.262 e. The Kier molecular flexibility index (Phi) is 15.5. The maximum absolute atomic E-state index is 11.0. The fourth-order valence-electron chi connectivity index (χ4n) is 2.89. The molecule has 0 spiro atoms. The molecule has 19 heteroatoms. The second kappa shape index (κ2) is 16.3. The lowest BCUT2D eigenvalue weighted by Gasteiger charge is -2.27. The van der Waals surface area contributed by atoms with Crippen LogP contribution in [0.1, 0.15) is 26.7 Å². The highest BCUT2D eigenvalue weighted by molar-refractivity contribution is 8.13. The number of hydrogen-bond acceptors (Lipinski definition) is 11. The van der Waals surface area contributed by atoms with Gasteiger partial charge < -0.3 is 11.1 Å². The summed E-state index contributed by atoms with van der Waals surface area (Å²) >= 11 is 10.8. The number of piperidine rings is 1. The molecule has 4 heterocycles. The van der Waals surface area contributed by atoms with E-state index in [2.05, 4.69) is 19.9 Å². The van der Waals surface area contributed by atoms with Crippen molar-refractivity contribution in [1.82, 2.24) is 21.1 Å². The molecule has 0 unspecified atom stereocenters. The first-order valence-electron chi connectivity index (χ1n) is 10.5. The van der Waals surface area contributed by atoms with Crippen LogP contribution < -0.4 is 21.3 Å². The van der Waals surface area contributed by atoms with Crippen molar-refractivity contribution in [2.45, 2.75) is 41.4 Å². The number of halogens is 3. The van der Waals surface area contributed by atoms with E-state index in [0.29, 0.717) is 0 Å². The van der Waals surface area contributed by atoms with Crippen LogP contribution in [0.2, 0.25) is 10.3 Å². The van der Waals surface area contributed by atoms with Gasteiger partial charge in [0, 0.05) is 42.4 Å². The van der Waals surface area contributed by atoms with Crippen LogP contribution in [0.3, 0.4) is 0 Å². The van der Waals surface area contributed by atoms with Gasteiger partial charge in [0.05, 0.1) is 0 Å². The topological polar surface area (TPSA) is 231 Å². The van der Waals surface area contributed by atoms with Gasteiger partial charge in [-0.1, -0.05) is 30.6 Å². The first kappa shape index (κ1) is 37.9. The number of nitrogens with zero attached hydrogens (tertiary/aromatic N) is 4. The van der Waals surface area contributed by atoms with E-state index in [9.17, 15) is 25.3 Å². The van der Waals surface area contributed by atoms with E-state index in [4.69, 9.17) is 44.2 Å². The SMILES string of the molecule is C.N.NS(=O)(=O)c1ccc(Cl)nc1.NS(=O)(=O)c1ccc(N2CCCCC2)nc1.O=S(=O)(Cl)c1ccc(Cl)nc1. The highest BCUT2D eigenvalue weighted by Gasteiger charge is 2.14. The van der Waals surface area contributed by atoms with Crippen LogP contribution in [-0.4, -0.2) is 53.3 Å². The third-order valence-electron chi connectivity index (χ3n) is 4.74. The Morgan fingerprint density at radius 3 is 1.38 bits per heavy atom. The normalized spacial score (nSPS) is 13.3. The molecule has 0 aromatic carbocycles. The molecule has 0 saturated carbocycles. The van der Waals surface area contributed by atoms with E-state index in [-0.39, 0.29) is 38.6 Å². The number of nitrogens with two attached hydrogens (primary N) is 2. The van der Waals surface area contributed by atoms with Crippen LogP contribution in [0.5, 0.6) is 0 Å². The average Bonchev–Trinajstić information content (AvgIpc) is 2.84. The Labute approximate surface area is 249 Å². The van der Waals surface area contributed by atoms with E-state index in [1.165, 1.54) is 55.8 Å². The Bertz CT molecular complexity index is 1450. The zero-order valence-electron chi connectivity index (χ0n) is 20.2. The van der Waals surface area contributed by atoms with Gasteiger partial charge in [-0.3, -0.25) is 0 Å². The van der Waals surface area contributed by atoms with Gasteiger partial charge in [-0.25, -0.2) is 50.5 Å². The molecule has 13 nitrogen and oxygen atoms in total. The molecule has 0 radical (unpaired) electrons. The molecule has 0 bridgehead atoms. The van der Waals surface area contributed by atoms with Crippen LogP contribution in [0.4, 0.5) is 5.82 Å². The lowest BCUT2D eigenvalue weighted by atomic mass is 10.1. The second-order valence-corrected chi connectivity index (χ2v) is 14.0. The predicted molar refractivity (Wildman–Crippen MR) is 156 cm³/mol. The molecule has 3 aromatic rings. The summed E-state index contributed by atoms with van der Waals surface area (Å²) in [5.74, 6) is 0.826. The van der Waals surface area contributed by atoms with Gasteiger partial charge >= 0.3 is 0 Å². The molecule has 224 valence electrons. The number of aromatic nitrogens is 3. The molecule has 1 aliphatic heterocycles. The van der Waals surface area contributed by atoms with Crippen molar-refractivity contribution in [1.29, 1.82) is 0 Å². The van der Waals surface area contributed by atoms with Gasteiger partial charge in [0.1, 0.15) is 30.8 Å². The fraction of sp³-hybridized carbons (Fsp3) is 0.286. The molecule has 0 aliphatic carbocycles. The first-order valence-corrected chi connectivity index (χ1v) is 16.7. The van der Waals surface area contributed by atoms with Gasteiger partial charge in [-0.15, -0.1) is 0 Å². The molecule has 1 fully saturated rings. The quantitative estimate of drug-likeness (QED) is 0.267. The number of hydrogen-bond donors (Lipinski definition) is 3. The van der Waals surface area contributed by atoms with Crippen LogP contribution >= 0.6 is 33.9 Å². The van der Waals surface area contributed by atoms with Gasteiger partial charge in [-0.2, -0.15) is 0 Å². The number of primary sulfonamides is 2. The molecule has 4 rings (SSSR count). The fourth-order valence-corrected chi connectivity index (χ4v) is 4.71. The standard InChI is InChI=1S/C10H15N3O2S.C5H3Cl2NO2S.C5H5ClN2O2S.CH4.H3N/c11-16(14,15)9-4-5-10(12-8-9)13-6-2-1-3-7-13;2*6-5-2-1-4(3-8-5)11(7,9)10;;/h4-5,8H,1-3,6-7H2,(H2,11,14,15);1-3H;1-3H,(H2,7,9,10);1H4;1H3. The van der Waals surface area contributed by atoms with Crippen LogP contribution in [0.25, 0.3) is 0 Å². The molecule has 0 atom stereocenters. The highest BCUT2D eigenvalue weighted by atomic mass is 35.7. The van der Waals surface area contributed by atoms with Gasteiger partial charge in [0.2, 0.25) is 20.0 Å². The first-order chi connectivity index (χ1) is 17.6. The molecule has 7 N–H and O–H groups in total. The van der Waals surface area contributed by atoms with Crippen LogP contribution in [0.15, 0.2) is 69.7 Å². The Morgan fingerprint density at radius 1 is 0.650 bits per heavy atom. The summed E-state index contributed by atoms with van der Waals surface area (Å²) in [7, 11) is -5.94. The Morgan fingerprint density at radius 2 is 1.05 bits per heavy atom. The molecule has 0 amide bonds. The van der Waals surface area contributed by atoms with Crippen molar-refractivity contribution in [3.05, 3.63) is 65.3 Å². The number of sulfonamides is 2. The zero-order valence-corrected chi connectivity index (χ0v) is 24.9.